The summed E-state index contributed by atoms with van der Waals surface area (Å²) in [6.45, 7) is 11.9. The zero-order valence-corrected chi connectivity index (χ0v) is 12.6. The van der Waals surface area contributed by atoms with E-state index in [0.717, 1.165) is 6.54 Å². The minimum absolute atomic E-state index is 0.612. The largest absolute Gasteiger partial charge is 0.335 e. The molecule has 18 heavy (non-hydrogen) atoms. The maximum Gasteiger partial charge on any atom is 0.242 e. The van der Waals surface area contributed by atoms with Gasteiger partial charge in [-0.2, -0.15) is 0 Å². The summed E-state index contributed by atoms with van der Waals surface area (Å²) in [6, 6.07) is 0.612. The Morgan fingerprint density at radius 3 is 2.72 bits per heavy atom. The Morgan fingerprint density at radius 1 is 1.22 bits per heavy atom. The van der Waals surface area contributed by atoms with Gasteiger partial charge in [0, 0.05) is 12.8 Å². The molecular weight excluding hydrogens is 222 g/mol. The molecule has 3 nitrogen and oxygen atoms in total. The molecule has 0 unspecified atom stereocenters. The zero-order chi connectivity index (χ0) is 13.2. The summed E-state index contributed by atoms with van der Waals surface area (Å²) in [6.07, 6.45) is 7.87. The molecule has 0 radical (unpaired) electrons. The summed E-state index contributed by atoms with van der Waals surface area (Å²) in [5.74, 6) is 1.38. The molecule has 0 aromatic rings. The van der Waals surface area contributed by atoms with Crippen LogP contribution in [0.2, 0.25) is 0 Å². The first-order valence-electron chi connectivity index (χ1n) is 7.96. The Balaban J connectivity index is 2.16. The van der Waals surface area contributed by atoms with Crippen molar-refractivity contribution >= 4 is 5.84 Å². The van der Waals surface area contributed by atoms with Crippen molar-refractivity contribution in [3.05, 3.63) is 0 Å². The van der Waals surface area contributed by atoms with Gasteiger partial charge in [0.25, 0.3) is 0 Å². The molecule has 1 heterocycles. The SMILES string of the molecule is CC[NH+](CC)CCC[C@H](C)NC1=[NH+]CCCCC1. The van der Waals surface area contributed by atoms with Gasteiger partial charge >= 0.3 is 0 Å². The van der Waals surface area contributed by atoms with Crippen LogP contribution in [0.25, 0.3) is 0 Å². The molecule has 0 bridgehead atoms. The highest BCUT2D eigenvalue weighted by molar-refractivity contribution is 5.76. The van der Waals surface area contributed by atoms with Gasteiger partial charge in [0.05, 0.1) is 32.2 Å². The lowest BCUT2D eigenvalue weighted by molar-refractivity contribution is -0.896. The minimum atomic E-state index is 0.612. The quantitative estimate of drug-likeness (QED) is 0.574. The third-order valence-corrected chi connectivity index (χ3v) is 4.03. The van der Waals surface area contributed by atoms with Gasteiger partial charge in [0.15, 0.2) is 0 Å². The molecule has 3 heteroatoms. The zero-order valence-electron chi connectivity index (χ0n) is 12.6. The average Bonchev–Trinajstić information content (AvgIpc) is 2.63. The summed E-state index contributed by atoms with van der Waals surface area (Å²) in [7, 11) is 0. The van der Waals surface area contributed by atoms with E-state index in [2.05, 4.69) is 31.1 Å². The van der Waals surface area contributed by atoms with E-state index in [1.54, 1.807) is 4.90 Å². The number of hydrogen-bond donors (Lipinski definition) is 3. The first kappa shape index (κ1) is 15.5. The standard InChI is InChI=1S/C15H31N3/c1-4-18(5-2)13-9-10-14(3)17-15-11-7-6-8-12-16-15/h14H,4-13H2,1-3H3,(H,16,17)/p+2/t14-/m0/s1. The fraction of sp³-hybridized carbons (Fsp3) is 0.933. The lowest BCUT2D eigenvalue weighted by Crippen LogP contribution is -3.11. The number of amidine groups is 1. The van der Waals surface area contributed by atoms with Crippen LogP contribution in [-0.2, 0) is 0 Å². The fourth-order valence-corrected chi connectivity index (χ4v) is 2.69. The Morgan fingerprint density at radius 2 is 2.00 bits per heavy atom. The van der Waals surface area contributed by atoms with Crippen LogP contribution in [0, 0.1) is 0 Å². The predicted molar refractivity (Wildman–Crippen MR) is 78.0 cm³/mol. The van der Waals surface area contributed by atoms with Gasteiger partial charge in [-0.05, 0) is 46.5 Å². The summed E-state index contributed by atoms with van der Waals surface area (Å²) in [5.41, 5.74) is 0. The molecule has 0 amide bonds. The highest BCUT2D eigenvalue weighted by Crippen LogP contribution is 2.01. The van der Waals surface area contributed by atoms with E-state index in [4.69, 9.17) is 0 Å². The lowest BCUT2D eigenvalue weighted by Gasteiger charge is -2.16. The third-order valence-electron chi connectivity index (χ3n) is 4.03. The Hall–Kier alpha value is -0.570. The van der Waals surface area contributed by atoms with Crippen molar-refractivity contribution in [3.8, 4) is 0 Å². The third kappa shape index (κ3) is 6.39. The Labute approximate surface area is 113 Å². The van der Waals surface area contributed by atoms with Gasteiger partial charge in [0.2, 0.25) is 5.84 Å². The first-order chi connectivity index (χ1) is 8.76. The lowest BCUT2D eigenvalue weighted by atomic mass is 10.1. The molecule has 0 saturated carbocycles. The topological polar surface area (TPSA) is 30.4 Å². The molecule has 1 aliphatic heterocycles. The monoisotopic (exact) mass is 255 g/mol. The smallest absolute Gasteiger partial charge is 0.242 e. The number of rotatable bonds is 7. The summed E-state index contributed by atoms with van der Waals surface area (Å²) in [5, 5.41) is 3.66. The van der Waals surface area contributed by atoms with Gasteiger partial charge < -0.3 is 4.90 Å². The minimum Gasteiger partial charge on any atom is -0.335 e. The van der Waals surface area contributed by atoms with Gasteiger partial charge in [-0.25, -0.2) is 0 Å². The van der Waals surface area contributed by atoms with Crippen LogP contribution < -0.4 is 15.2 Å². The second-order valence-electron chi connectivity index (χ2n) is 5.61. The first-order valence-corrected chi connectivity index (χ1v) is 7.96. The van der Waals surface area contributed by atoms with Gasteiger partial charge in [-0.1, -0.05) is 0 Å². The van der Waals surface area contributed by atoms with Crippen LogP contribution in [-0.4, -0.2) is 38.1 Å². The molecule has 106 valence electrons. The van der Waals surface area contributed by atoms with Crippen molar-refractivity contribution in [2.45, 2.75) is 65.3 Å². The molecule has 1 aliphatic rings. The number of hydrogen-bond acceptors (Lipinski definition) is 1. The van der Waals surface area contributed by atoms with E-state index in [0.29, 0.717) is 6.04 Å². The summed E-state index contributed by atoms with van der Waals surface area (Å²) in [4.78, 5) is 5.26. The van der Waals surface area contributed by atoms with Gasteiger partial charge in [0.1, 0.15) is 0 Å². The van der Waals surface area contributed by atoms with E-state index < -0.39 is 0 Å². The highest BCUT2D eigenvalue weighted by atomic mass is 15.1. The molecule has 0 spiro atoms. The average molecular weight is 255 g/mol. The van der Waals surface area contributed by atoms with E-state index >= 15 is 0 Å². The van der Waals surface area contributed by atoms with Crippen LogP contribution in [0.15, 0.2) is 0 Å². The van der Waals surface area contributed by atoms with Crippen molar-refractivity contribution < 1.29 is 9.89 Å². The van der Waals surface area contributed by atoms with E-state index in [-0.39, 0.29) is 0 Å². The number of nitrogens with one attached hydrogen (secondary N) is 3. The highest BCUT2D eigenvalue weighted by Gasteiger charge is 2.14. The van der Waals surface area contributed by atoms with Crippen LogP contribution in [0.4, 0.5) is 0 Å². The molecule has 0 aliphatic carbocycles. The van der Waals surface area contributed by atoms with E-state index in [1.165, 1.54) is 64.0 Å². The van der Waals surface area contributed by atoms with Crippen LogP contribution in [0.5, 0.6) is 0 Å². The van der Waals surface area contributed by atoms with Crippen molar-refractivity contribution in [1.29, 1.82) is 0 Å². The van der Waals surface area contributed by atoms with Gasteiger partial charge in [-0.15, -0.1) is 0 Å². The van der Waals surface area contributed by atoms with E-state index in [1.807, 2.05) is 0 Å². The van der Waals surface area contributed by atoms with Crippen molar-refractivity contribution in [3.63, 3.8) is 0 Å². The second-order valence-corrected chi connectivity index (χ2v) is 5.61. The van der Waals surface area contributed by atoms with E-state index in [9.17, 15) is 0 Å². The molecule has 0 fully saturated rings. The predicted octanol–water partition coefficient (Wildman–Crippen LogP) is -0.277. The number of quaternary nitrogens is 1. The molecule has 3 N–H and O–H groups in total. The molecular formula is C15H33N3+2. The molecule has 0 saturated heterocycles. The molecule has 1 atom stereocenters. The maximum absolute atomic E-state index is 3.66. The van der Waals surface area contributed by atoms with Crippen molar-refractivity contribution in [2.24, 2.45) is 0 Å². The van der Waals surface area contributed by atoms with Crippen molar-refractivity contribution in [2.75, 3.05) is 26.2 Å². The van der Waals surface area contributed by atoms with Crippen molar-refractivity contribution in [1.82, 2.24) is 5.32 Å². The second kappa shape index (κ2) is 9.37. The maximum atomic E-state index is 3.66. The van der Waals surface area contributed by atoms with Gasteiger partial charge in [-0.3, -0.25) is 10.3 Å². The van der Waals surface area contributed by atoms with Crippen LogP contribution >= 0.6 is 0 Å². The Bertz CT molecular complexity index is 234. The molecule has 0 aromatic heterocycles. The van der Waals surface area contributed by atoms with Crippen LogP contribution in [0.3, 0.4) is 0 Å². The molecule has 0 aromatic carbocycles. The summed E-state index contributed by atoms with van der Waals surface area (Å²) < 4.78 is 0. The summed E-state index contributed by atoms with van der Waals surface area (Å²) >= 11 is 0. The fourth-order valence-electron chi connectivity index (χ4n) is 2.69. The molecule has 1 rings (SSSR count). The van der Waals surface area contributed by atoms with Crippen LogP contribution in [0.1, 0.15) is 59.3 Å². The normalized spacial score (nSPS) is 18.3. The Kier molecular flexibility index (Phi) is 8.06.